The largest absolute Gasteiger partial charge is 0.497 e. The lowest BCUT2D eigenvalue weighted by Gasteiger charge is -2.18. The summed E-state index contributed by atoms with van der Waals surface area (Å²) in [6.07, 6.45) is 4.36. The molecular weight excluding hydrogens is 300 g/mol. The van der Waals surface area contributed by atoms with Gasteiger partial charge in [-0.1, -0.05) is 24.3 Å². The lowest BCUT2D eigenvalue weighted by molar-refractivity contribution is 0.415. The molecule has 24 heavy (non-hydrogen) atoms. The number of anilines is 2. The van der Waals surface area contributed by atoms with Crippen molar-refractivity contribution in [3.63, 3.8) is 0 Å². The van der Waals surface area contributed by atoms with Crippen LogP contribution in [0.1, 0.15) is 5.56 Å². The zero-order chi connectivity index (χ0) is 16.8. The van der Waals surface area contributed by atoms with Crippen LogP contribution in [0, 0.1) is 0 Å². The molecule has 0 spiro atoms. The summed E-state index contributed by atoms with van der Waals surface area (Å²) in [5, 5.41) is 3.08. The van der Waals surface area contributed by atoms with Crippen LogP contribution < -0.4 is 20.7 Å². The number of nitrogens with zero attached hydrogens (tertiary/aromatic N) is 2. The summed E-state index contributed by atoms with van der Waals surface area (Å²) in [7, 11) is 1.64. The van der Waals surface area contributed by atoms with Crippen LogP contribution in [0.15, 0.2) is 65.7 Å². The molecule has 1 aliphatic heterocycles. The van der Waals surface area contributed by atoms with Crippen LogP contribution in [0.3, 0.4) is 0 Å². The predicted molar refractivity (Wildman–Crippen MR) is 99.7 cm³/mol. The molecule has 0 aliphatic carbocycles. The highest BCUT2D eigenvalue weighted by Crippen LogP contribution is 2.19. The Balaban J connectivity index is 1.60. The fraction of sp³-hybridized carbons (Fsp3) is 0.211. The Labute approximate surface area is 142 Å². The van der Waals surface area contributed by atoms with E-state index in [4.69, 9.17) is 10.5 Å². The summed E-state index contributed by atoms with van der Waals surface area (Å²) in [6, 6.07) is 16.0. The molecule has 1 aliphatic rings. The summed E-state index contributed by atoms with van der Waals surface area (Å²) in [6.45, 7) is 2.48. The van der Waals surface area contributed by atoms with Gasteiger partial charge in [-0.15, -0.1) is 0 Å². The van der Waals surface area contributed by atoms with Crippen LogP contribution in [-0.4, -0.2) is 26.2 Å². The van der Waals surface area contributed by atoms with Gasteiger partial charge in [0.1, 0.15) is 5.75 Å². The van der Waals surface area contributed by atoms with E-state index in [1.807, 2.05) is 24.3 Å². The summed E-state index contributed by atoms with van der Waals surface area (Å²) in [5.74, 6) is 1.21. The Hall–Kier alpha value is -2.95. The first-order valence-electron chi connectivity index (χ1n) is 7.94. The second kappa shape index (κ2) is 7.55. The molecule has 3 N–H and O–H groups in total. The number of aliphatic imine (C=N–C) groups is 1. The van der Waals surface area contributed by atoms with Crippen molar-refractivity contribution in [2.45, 2.75) is 6.54 Å². The van der Waals surface area contributed by atoms with Crippen LogP contribution in [0.25, 0.3) is 0 Å². The highest BCUT2D eigenvalue weighted by atomic mass is 16.5. The van der Waals surface area contributed by atoms with E-state index in [2.05, 4.69) is 51.6 Å². The van der Waals surface area contributed by atoms with E-state index in [1.54, 1.807) is 7.11 Å². The average Bonchev–Trinajstić information content (AvgIpc) is 3.16. The van der Waals surface area contributed by atoms with Crippen LogP contribution in [0.2, 0.25) is 0 Å². The first kappa shape index (κ1) is 15.9. The van der Waals surface area contributed by atoms with Gasteiger partial charge in [-0.25, -0.2) is 4.99 Å². The Morgan fingerprint density at radius 2 is 1.92 bits per heavy atom. The first-order chi connectivity index (χ1) is 11.7. The van der Waals surface area contributed by atoms with E-state index in [0.29, 0.717) is 12.5 Å². The van der Waals surface area contributed by atoms with Crippen molar-refractivity contribution in [2.75, 3.05) is 30.4 Å². The smallest absolute Gasteiger partial charge is 0.193 e. The third kappa shape index (κ3) is 4.07. The molecule has 0 amide bonds. The van der Waals surface area contributed by atoms with Crippen molar-refractivity contribution in [3.05, 3.63) is 66.2 Å². The molecule has 0 atom stereocenters. The van der Waals surface area contributed by atoms with Crippen molar-refractivity contribution in [1.82, 2.24) is 0 Å². The number of hydrogen-bond acceptors (Lipinski definition) is 3. The van der Waals surface area contributed by atoms with Gasteiger partial charge in [-0.3, -0.25) is 0 Å². The normalized spacial score (nSPS) is 14.0. The molecule has 0 saturated heterocycles. The van der Waals surface area contributed by atoms with Gasteiger partial charge in [0.05, 0.1) is 13.7 Å². The minimum Gasteiger partial charge on any atom is -0.497 e. The number of rotatable bonds is 5. The predicted octanol–water partition coefficient (Wildman–Crippen LogP) is 3.00. The highest BCUT2D eigenvalue weighted by molar-refractivity contribution is 5.92. The number of nitrogens with two attached hydrogens (primary N) is 1. The van der Waals surface area contributed by atoms with Crippen LogP contribution in [0.5, 0.6) is 5.75 Å². The highest BCUT2D eigenvalue weighted by Gasteiger charge is 2.07. The molecule has 0 fully saturated rings. The SMILES string of the molecule is COc1ccc(NC(N)=NCc2cccc(N3CC=CC3)c2)cc1. The van der Waals surface area contributed by atoms with Gasteiger partial charge in [-0.05, 0) is 42.0 Å². The third-order valence-corrected chi connectivity index (χ3v) is 3.89. The number of hydrogen-bond donors (Lipinski definition) is 2. The number of methoxy groups -OCH3 is 1. The van der Waals surface area contributed by atoms with Crippen molar-refractivity contribution >= 4 is 17.3 Å². The van der Waals surface area contributed by atoms with E-state index < -0.39 is 0 Å². The number of ether oxygens (including phenoxy) is 1. The molecule has 0 saturated carbocycles. The minimum atomic E-state index is 0.397. The molecular formula is C19H22N4O. The quantitative estimate of drug-likeness (QED) is 0.505. The van der Waals surface area contributed by atoms with Gasteiger partial charge in [0.2, 0.25) is 0 Å². The molecule has 0 bridgehead atoms. The summed E-state index contributed by atoms with van der Waals surface area (Å²) < 4.78 is 5.14. The van der Waals surface area contributed by atoms with Crippen molar-refractivity contribution < 1.29 is 4.74 Å². The van der Waals surface area contributed by atoms with Gasteiger partial charge >= 0.3 is 0 Å². The second-order valence-electron chi connectivity index (χ2n) is 5.60. The van der Waals surface area contributed by atoms with Gasteiger partial charge < -0.3 is 20.7 Å². The maximum absolute atomic E-state index is 5.97. The molecule has 5 nitrogen and oxygen atoms in total. The Morgan fingerprint density at radius 1 is 1.17 bits per heavy atom. The summed E-state index contributed by atoms with van der Waals surface area (Å²) >= 11 is 0. The molecule has 3 rings (SSSR count). The van der Waals surface area contributed by atoms with E-state index in [0.717, 1.165) is 30.1 Å². The van der Waals surface area contributed by atoms with Crippen LogP contribution >= 0.6 is 0 Å². The Morgan fingerprint density at radius 3 is 2.62 bits per heavy atom. The number of nitrogens with one attached hydrogen (secondary N) is 1. The van der Waals surface area contributed by atoms with E-state index >= 15 is 0 Å². The molecule has 124 valence electrons. The fourth-order valence-corrected chi connectivity index (χ4v) is 2.58. The minimum absolute atomic E-state index is 0.397. The molecule has 0 radical (unpaired) electrons. The molecule has 2 aromatic rings. The topological polar surface area (TPSA) is 62.9 Å². The lowest BCUT2D eigenvalue weighted by atomic mass is 10.2. The number of benzene rings is 2. The molecule has 2 aromatic carbocycles. The zero-order valence-corrected chi connectivity index (χ0v) is 13.8. The standard InChI is InChI=1S/C19H22N4O/c1-24-18-9-7-16(8-10-18)22-19(20)21-14-15-5-4-6-17(13-15)23-11-2-3-12-23/h2-10,13H,11-12,14H2,1H3,(H3,20,21,22). The molecule has 0 aromatic heterocycles. The fourth-order valence-electron chi connectivity index (χ4n) is 2.58. The van der Waals surface area contributed by atoms with Crippen molar-refractivity contribution in [1.29, 1.82) is 0 Å². The molecule has 1 heterocycles. The van der Waals surface area contributed by atoms with Crippen LogP contribution in [-0.2, 0) is 6.54 Å². The summed E-state index contributed by atoms with van der Waals surface area (Å²) in [4.78, 5) is 6.73. The zero-order valence-electron chi connectivity index (χ0n) is 13.8. The second-order valence-corrected chi connectivity index (χ2v) is 5.60. The average molecular weight is 322 g/mol. The maximum Gasteiger partial charge on any atom is 0.193 e. The van der Waals surface area contributed by atoms with Crippen molar-refractivity contribution in [2.24, 2.45) is 10.7 Å². The van der Waals surface area contributed by atoms with Crippen molar-refractivity contribution in [3.8, 4) is 5.75 Å². The molecule has 0 unspecified atom stereocenters. The Bertz CT molecular complexity index is 729. The van der Waals surface area contributed by atoms with Gasteiger partial charge in [0.15, 0.2) is 5.96 Å². The van der Waals surface area contributed by atoms with E-state index in [9.17, 15) is 0 Å². The molecule has 5 heteroatoms. The lowest BCUT2D eigenvalue weighted by Crippen LogP contribution is -2.22. The van der Waals surface area contributed by atoms with Crippen LogP contribution in [0.4, 0.5) is 11.4 Å². The third-order valence-electron chi connectivity index (χ3n) is 3.89. The Kier molecular flexibility index (Phi) is 5.01. The van der Waals surface area contributed by atoms with E-state index in [1.165, 1.54) is 5.69 Å². The van der Waals surface area contributed by atoms with Gasteiger partial charge in [0.25, 0.3) is 0 Å². The first-order valence-corrected chi connectivity index (χ1v) is 7.94. The number of guanidine groups is 1. The monoisotopic (exact) mass is 322 g/mol. The maximum atomic E-state index is 5.97. The summed E-state index contributed by atoms with van der Waals surface area (Å²) in [5.41, 5.74) is 9.21. The van der Waals surface area contributed by atoms with Gasteiger partial charge in [0, 0.05) is 24.5 Å². The van der Waals surface area contributed by atoms with E-state index in [-0.39, 0.29) is 0 Å². The van der Waals surface area contributed by atoms with Gasteiger partial charge in [-0.2, -0.15) is 0 Å².